The van der Waals surface area contributed by atoms with Crippen LogP contribution in [0.25, 0.3) is 0 Å². The molecule has 0 bridgehead atoms. The van der Waals surface area contributed by atoms with Crippen LogP contribution >= 0.6 is 12.4 Å². The van der Waals surface area contributed by atoms with E-state index in [1.807, 2.05) is 36.4 Å². The van der Waals surface area contributed by atoms with Crippen molar-refractivity contribution in [2.45, 2.75) is 12.2 Å². The van der Waals surface area contributed by atoms with Crippen molar-refractivity contribution in [2.24, 2.45) is 5.73 Å². The molecular weight excluding hydrogens is 358 g/mol. The van der Waals surface area contributed by atoms with Gasteiger partial charge in [-0.15, -0.1) is 12.4 Å². The molecule has 0 saturated heterocycles. The van der Waals surface area contributed by atoms with Gasteiger partial charge in [0.15, 0.2) is 0 Å². The second kappa shape index (κ2) is 10.2. The van der Waals surface area contributed by atoms with Crippen molar-refractivity contribution in [3.05, 3.63) is 71.3 Å². The normalized spacial score (nSPS) is 10.9. The van der Waals surface area contributed by atoms with E-state index in [1.54, 1.807) is 24.3 Å². The summed E-state index contributed by atoms with van der Waals surface area (Å²) in [5.41, 5.74) is 7.73. The topological polar surface area (TPSA) is 87.2 Å². The first kappa shape index (κ1) is 21.1. The highest BCUT2D eigenvalue weighted by Crippen LogP contribution is 2.13. The maximum absolute atomic E-state index is 12.7. The van der Waals surface area contributed by atoms with Crippen molar-refractivity contribution in [1.29, 1.82) is 5.26 Å². The number of hydrogen-bond donors (Lipinski definition) is 1. The minimum atomic E-state index is -3.49. The first-order valence-electron chi connectivity index (χ1n) is 7.76. The average Bonchev–Trinajstić information content (AvgIpc) is 2.59. The van der Waals surface area contributed by atoms with Gasteiger partial charge in [0, 0.05) is 19.6 Å². The van der Waals surface area contributed by atoms with Gasteiger partial charge in [0.1, 0.15) is 0 Å². The SMILES string of the molecule is Cl.N#Cc1cccc(CS(=O)(=O)N(CCN)CCc2ccccc2)c1. The fourth-order valence-electron chi connectivity index (χ4n) is 2.47. The molecule has 5 nitrogen and oxygen atoms in total. The largest absolute Gasteiger partial charge is 0.329 e. The third-order valence-corrected chi connectivity index (χ3v) is 5.52. The summed E-state index contributed by atoms with van der Waals surface area (Å²) in [4.78, 5) is 0. The highest BCUT2D eigenvalue weighted by atomic mass is 35.5. The molecule has 0 atom stereocenters. The molecule has 0 aliphatic carbocycles. The summed E-state index contributed by atoms with van der Waals surface area (Å²) in [6.07, 6.45) is 0.637. The standard InChI is InChI=1S/C18H21N3O2S.ClH/c19-10-12-21(11-9-16-5-2-1-3-6-16)24(22,23)15-18-8-4-7-17(13-18)14-20;/h1-8,13H,9-12,15,19H2;1H. The molecular formula is C18H22ClN3O2S. The molecule has 0 unspecified atom stereocenters. The molecule has 0 fully saturated rings. The Hall–Kier alpha value is -1.91. The second-order valence-corrected chi connectivity index (χ2v) is 7.46. The van der Waals surface area contributed by atoms with Crippen molar-refractivity contribution in [3.63, 3.8) is 0 Å². The lowest BCUT2D eigenvalue weighted by atomic mass is 10.1. The Morgan fingerprint density at radius 3 is 2.32 bits per heavy atom. The van der Waals surface area contributed by atoms with Crippen LogP contribution in [0.15, 0.2) is 54.6 Å². The zero-order valence-electron chi connectivity index (χ0n) is 13.8. The maximum atomic E-state index is 12.7. The fraction of sp³-hybridized carbons (Fsp3) is 0.278. The molecule has 2 aromatic rings. The summed E-state index contributed by atoms with van der Waals surface area (Å²) in [7, 11) is -3.49. The fourth-order valence-corrected chi connectivity index (χ4v) is 4.00. The summed E-state index contributed by atoms with van der Waals surface area (Å²) in [5.74, 6) is -0.128. The number of halogens is 1. The average molecular weight is 380 g/mol. The molecule has 7 heteroatoms. The Balaban J connectivity index is 0.00000312. The van der Waals surface area contributed by atoms with Crippen LogP contribution in [0.5, 0.6) is 0 Å². The van der Waals surface area contributed by atoms with Crippen LogP contribution in [0, 0.1) is 11.3 Å². The first-order chi connectivity index (χ1) is 11.5. The van der Waals surface area contributed by atoms with Gasteiger partial charge in [-0.25, -0.2) is 12.7 Å². The Bertz CT molecular complexity index is 805. The van der Waals surface area contributed by atoms with Crippen molar-refractivity contribution in [1.82, 2.24) is 4.31 Å². The maximum Gasteiger partial charge on any atom is 0.218 e. The summed E-state index contributed by atoms with van der Waals surface area (Å²) in [6.45, 7) is 0.945. The van der Waals surface area contributed by atoms with Gasteiger partial charge < -0.3 is 5.73 Å². The van der Waals surface area contributed by atoms with Crippen molar-refractivity contribution in [2.75, 3.05) is 19.6 Å². The number of benzene rings is 2. The Morgan fingerprint density at radius 1 is 1.00 bits per heavy atom. The molecule has 0 spiro atoms. The number of sulfonamides is 1. The van der Waals surface area contributed by atoms with E-state index in [9.17, 15) is 8.42 Å². The lowest BCUT2D eigenvalue weighted by Crippen LogP contribution is -2.37. The van der Waals surface area contributed by atoms with E-state index in [4.69, 9.17) is 11.0 Å². The van der Waals surface area contributed by atoms with Crippen molar-refractivity contribution in [3.8, 4) is 6.07 Å². The third-order valence-electron chi connectivity index (χ3n) is 3.67. The van der Waals surface area contributed by atoms with E-state index in [1.165, 1.54) is 4.31 Å². The minimum Gasteiger partial charge on any atom is -0.329 e. The number of nitrogens with zero attached hydrogens (tertiary/aromatic N) is 2. The van der Waals surface area contributed by atoms with Crippen LogP contribution in [0.2, 0.25) is 0 Å². The van der Waals surface area contributed by atoms with Gasteiger partial charge in [-0.2, -0.15) is 5.26 Å². The predicted octanol–water partition coefficient (Wildman–Crippen LogP) is 2.31. The van der Waals surface area contributed by atoms with Gasteiger partial charge in [0.25, 0.3) is 0 Å². The number of hydrogen-bond acceptors (Lipinski definition) is 4. The van der Waals surface area contributed by atoms with Gasteiger partial charge >= 0.3 is 0 Å². The summed E-state index contributed by atoms with van der Waals surface area (Å²) < 4.78 is 26.8. The highest BCUT2D eigenvalue weighted by molar-refractivity contribution is 7.88. The van der Waals surface area contributed by atoms with E-state index in [-0.39, 0.29) is 31.2 Å². The van der Waals surface area contributed by atoms with Gasteiger partial charge in [-0.3, -0.25) is 0 Å². The molecule has 2 rings (SSSR count). The molecule has 25 heavy (non-hydrogen) atoms. The van der Waals surface area contributed by atoms with E-state index in [0.29, 0.717) is 24.1 Å². The Kier molecular flexibility index (Phi) is 8.59. The summed E-state index contributed by atoms with van der Waals surface area (Å²) in [6, 6.07) is 18.5. The number of nitriles is 1. The van der Waals surface area contributed by atoms with Crippen LogP contribution in [-0.2, 0) is 22.2 Å². The monoisotopic (exact) mass is 379 g/mol. The molecule has 0 aliphatic heterocycles. The molecule has 0 aromatic heterocycles. The Morgan fingerprint density at radius 2 is 1.68 bits per heavy atom. The summed E-state index contributed by atoms with van der Waals surface area (Å²) in [5, 5.41) is 8.94. The lowest BCUT2D eigenvalue weighted by Gasteiger charge is -2.21. The van der Waals surface area contributed by atoms with Gasteiger partial charge in [0.2, 0.25) is 10.0 Å². The molecule has 0 saturated carbocycles. The van der Waals surface area contributed by atoms with E-state index < -0.39 is 10.0 Å². The van der Waals surface area contributed by atoms with Crippen LogP contribution in [0.4, 0.5) is 0 Å². The van der Waals surface area contributed by atoms with E-state index in [0.717, 1.165) is 5.56 Å². The van der Waals surface area contributed by atoms with Crippen LogP contribution < -0.4 is 5.73 Å². The first-order valence-corrected chi connectivity index (χ1v) is 9.37. The molecule has 0 heterocycles. The van der Waals surface area contributed by atoms with Crippen LogP contribution in [0.1, 0.15) is 16.7 Å². The molecule has 134 valence electrons. The number of nitrogens with two attached hydrogens (primary N) is 1. The summed E-state index contributed by atoms with van der Waals surface area (Å²) >= 11 is 0. The molecule has 2 N–H and O–H groups in total. The van der Waals surface area contributed by atoms with E-state index >= 15 is 0 Å². The van der Waals surface area contributed by atoms with E-state index in [2.05, 4.69) is 0 Å². The van der Waals surface area contributed by atoms with Crippen molar-refractivity contribution < 1.29 is 8.42 Å². The smallest absolute Gasteiger partial charge is 0.218 e. The highest BCUT2D eigenvalue weighted by Gasteiger charge is 2.21. The Labute approximate surface area is 155 Å². The zero-order chi connectivity index (χ0) is 17.4. The zero-order valence-corrected chi connectivity index (χ0v) is 15.5. The van der Waals surface area contributed by atoms with Crippen molar-refractivity contribution >= 4 is 22.4 Å². The number of rotatable bonds is 8. The van der Waals surface area contributed by atoms with Crippen LogP contribution in [-0.4, -0.2) is 32.4 Å². The minimum absolute atomic E-state index is 0. The third kappa shape index (κ3) is 6.48. The van der Waals surface area contributed by atoms with Gasteiger partial charge in [0.05, 0.1) is 17.4 Å². The predicted molar refractivity (Wildman–Crippen MR) is 102 cm³/mol. The van der Waals surface area contributed by atoms with Crippen LogP contribution in [0.3, 0.4) is 0 Å². The van der Waals surface area contributed by atoms with Gasteiger partial charge in [-0.1, -0.05) is 42.5 Å². The quantitative estimate of drug-likeness (QED) is 0.762. The lowest BCUT2D eigenvalue weighted by molar-refractivity contribution is 0.421. The molecule has 2 aromatic carbocycles. The van der Waals surface area contributed by atoms with Gasteiger partial charge in [-0.05, 0) is 29.7 Å². The second-order valence-electron chi connectivity index (χ2n) is 5.49. The molecule has 0 aliphatic rings. The molecule has 0 amide bonds. The molecule has 0 radical (unpaired) electrons.